The molecule has 1 aliphatic heterocycles. The first kappa shape index (κ1) is 18.9. The Bertz CT molecular complexity index is 995. The van der Waals surface area contributed by atoms with Crippen LogP contribution in [0.3, 0.4) is 0 Å². The largest absolute Gasteiger partial charge is 0.357 e. The highest BCUT2D eigenvalue weighted by molar-refractivity contribution is 7.17. The number of carbonyl (C=O) groups is 2. The standard InChI is InChI=1S/C20H19ClN4O2S/c21-19-3-1-17(28-19)2-4-20(27)25-8-7-24(16(12-25)13-26)11-15-9-14-10-22-6-5-18(14)23-15/h1-6,9-10,13,16,23H,7-8,11-12H2/b4-2+. The van der Waals surface area contributed by atoms with Crippen LogP contribution in [0, 0.1) is 0 Å². The second-order valence-corrected chi connectivity index (χ2v) is 8.44. The van der Waals surface area contributed by atoms with Crippen LogP contribution in [0.1, 0.15) is 10.6 Å². The maximum atomic E-state index is 12.5. The van der Waals surface area contributed by atoms with Crippen molar-refractivity contribution in [1.82, 2.24) is 19.8 Å². The third-order valence-electron chi connectivity index (χ3n) is 4.84. The first-order chi connectivity index (χ1) is 13.6. The monoisotopic (exact) mass is 414 g/mol. The molecule has 0 spiro atoms. The van der Waals surface area contributed by atoms with Crippen molar-refractivity contribution in [3.05, 3.63) is 57.6 Å². The molecule has 0 saturated carbocycles. The van der Waals surface area contributed by atoms with Crippen LogP contribution in [0.15, 0.2) is 42.7 Å². The maximum Gasteiger partial charge on any atom is 0.246 e. The molecule has 1 atom stereocenters. The molecule has 1 unspecified atom stereocenters. The minimum absolute atomic E-state index is 0.0901. The number of thiophene rings is 1. The van der Waals surface area contributed by atoms with Gasteiger partial charge in [0, 0.05) is 66.1 Å². The number of amides is 1. The summed E-state index contributed by atoms with van der Waals surface area (Å²) in [6.07, 6.45) is 7.80. The third kappa shape index (κ3) is 4.16. The number of fused-ring (bicyclic) bond motifs is 1. The van der Waals surface area contributed by atoms with E-state index in [0.29, 0.717) is 30.5 Å². The van der Waals surface area contributed by atoms with Gasteiger partial charge in [0.15, 0.2) is 0 Å². The number of rotatable bonds is 5. The van der Waals surface area contributed by atoms with Crippen molar-refractivity contribution in [2.24, 2.45) is 0 Å². The fraction of sp³-hybridized carbons (Fsp3) is 0.250. The second kappa shape index (κ2) is 8.26. The lowest BCUT2D eigenvalue weighted by Gasteiger charge is -2.38. The van der Waals surface area contributed by atoms with E-state index in [1.54, 1.807) is 29.3 Å². The molecule has 28 heavy (non-hydrogen) atoms. The Balaban J connectivity index is 1.39. The lowest BCUT2D eigenvalue weighted by atomic mass is 10.1. The van der Waals surface area contributed by atoms with Crippen LogP contribution < -0.4 is 0 Å². The van der Waals surface area contributed by atoms with E-state index in [1.807, 2.05) is 18.3 Å². The first-order valence-corrected chi connectivity index (χ1v) is 10.1. The molecule has 0 aliphatic carbocycles. The lowest BCUT2D eigenvalue weighted by Crippen LogP contribution is -2.54. The number of aromatic amines is 1. The number of hydrogen-bond acceptors (Lipinski definition) is 5. The SMILES string of the molecule is O=CC1CN(C(=O)/C=C/c2ccc(Cl)s2)CCN1Cc1cc2cnccc2[nH]1. The minimum atomic E-state index is -0.327. The van der Waals surface area contributed by atoms with E-state index in [1.165, 1.54) is 11.3 Å². The van der Waals surface area contributed by atoms with E-state index in [2.05, 4.69) is 20.9 Å². The van der Waals surface area contributed by atoms with E-state index >= 15 is 0 Å². The molecule has 144 valence electrons. The van der Waals surface area contributed by atoms with Crippen LogP contribution in [-0.4, -0.2) is 57.6 Å². The summed E-state index contributed by atoms with van der Waals surface area (Å²) in [5.74, 6) is -0.0901. The Morgan fingerprint density at radius 1 is 1.36 bits per heavy atom. The number of nitrogens with zero attached hydrogens (tertiary/aromatic N) is 3. The number of H-pyrrole nitrogens is 1. The Morgan fingerprint density at radius 2 is 2.25 bits per heavy atom. The van der Waals surface area contributed by atoms with Gasteiger partial charge in [0.25, 0.3) is 0 Å². The van der Waals surface area contributed by atoms with Gasteiger partial charge >= 0.3 is 0 Å². The van der Waals surface area contributed by atoms with Crippen LogP contribution in [0.25, 0.3) is 17.0 Å². The summed E-state index contributed by atoms with van der Waals surface area (Å²) in [4.78, 5) is 36.4. The average Bonchev–Trinajstić information content (AvgIpc) is 3.31. The molecule has 0 bridgehead atoms. The topological polar surface area (TPSA) is 69.3 Å². The van der Waals surface area contributed by atoms with Gasteiger partial charge in [-0.3, -0.25) is 14.7 Å². The van der Waals surface area contributed by atoms with Gasteiger partial charge < -0.3 is 14.7 Å². The quantitative estimate of drug-likeness (QED) is 0.514. The van der Waals surface area contributed by atoms with Gasteiger partial charge in [0.05, 0.1) is 10.4 Å². The van der Waals surface area contributed by atoms with Crippen molar-refractivity contribution in [3.63, 3.8) is 0 Å². The molecule has 1 saturated heterocycles. The van der Waals surface area contributed by atoms with Gasteiger partial charge in [-0.25, -0.2) is 0 Å². The molecular formula is C20H19ClN4O2S. The Morgan fingerprint density at radius 3 is 3.00 bits per heavy atom. The molecule has 0 radical (unpaired) electrons. The Labute approximate surface area is 171 Å². The number of piperazine rings is 1. The summed E-state index contributed by atoms with van der Waals surface area (Å²) in [5.41, 5.74) is 2.06. The van der Waals surface area contributed by atoms with Gasteiger partial charge in [0.2, 0.25) is 5.91 Å². The number of hydrogen-bond donors (Lipinski definition) is 1. The van der Waals surface area contributed by atoms with Crippen molar-refractivity contribution < 1.29 is 9.59 Å². The highest BCUT2D eigenvalue weighted by Gasteiger charge is 2.28. The summed E-state index contributed by atoms with van der Waals surface area (Å²) in [5, 5.41) is 1.05. The van der Waals surface area contributed by atoms with E-state index < -0.39 is 0 Å². The van der Waals surface area contributed by atoms with Crippen molar-refractivity contribution in [2.75, 3.05) is 19.6 Å². The maximum absolute atomic E-state index is 12.5. The number of nitrogens with one attached hydrogen (secondary N) is 1. The first-order valence-electron chi connectivity index (χ1n) is 8.95. The number of aldehydes is 1. The summed E-state index contributed by atoms with van der Waals surface area (Å²) in [7, 11) is 0. The van der Waals surface area contributed by atoms with Gasteiger partial charge in [-0.05, 0) is 30.3 Å². The van der Waals surface area contributed by atoms with E-state index in [-0.39, 0.29) is 11.9 Å². The molecule has 1 N–H and O–H groups in total. The van der Waals surface area contributed by atoms with Gasteiger partial charge in [-0.15, -0.1) is 11.3 Å². The molecule has 4 rings (SSSR count). The van der Waals surface area contributed by atoms with Crippen LogP contribution in [0.2, 0.25) is 4.34 Å². The van der Waals surface area contributed by atoms with E-state index in [9.17, 15) is 9.59 Å². The second-order valence-electron chi connectivity index (χ2n) is 6.69. The molecule has 3 aromatic rings. The summed E-state index contributed by atoms with van der Waals surface area (Å²) < 4.78 is 0.689. The van der Waals surface area contributed by atoms with Gasteiger partial charge in [-0.1, -0.05) is 11.6 Å². The minimum Gasteiger partial charge on any atom is -0.357 e. The van der Waals surface area contributed by atoms with Crippen molar-refractivity contribution in [2.45, 2.75) is 12.6 Å². The molecular weight excluding hydrogens is 396 g/mol. The molecule has 4 heterocycles. The van der Waals surface area contributed by atoms with Gasteiger partial charge in [-0.2, -0.15) is 0 Å². The van der Waals surface area contributed by atoms with Crippen molar-refractivity contribution >= 4 is 52.1 Å². The molecule has 1 aliphatic rings. The smallest absolute Gasteiger partial charge is 0.246 e. The highest BCUT2D eigenvalue weighted by atomic mass is 35.5. The molecule has 1 fully saturated rings. The number of aromatic nitrogens is 2. The summed E-state index contributed by atoms with van der Waals surface area (Å²) >= 11 is 7.33. The lowest BCUT2D eigenvalue weighted by molar-refractivity contribution is -0.130. The fourth-order valence-electron chi connectivity index (χ4n) is 3.39. The summed E-state index contributed by atoms with van der Waals surface area (Å²) in [6, 6.07) is 7.33. The van der Waals surface area contributed by atoms with Crippen LogP contribution >= 0.6 is 22.9 Å². The van der Waals surface area contributed by atoms with E-state index in [4.69, 9.17) is 11.6 Å². The molecule has 6 nitrogen and oxygen atoms in total. The third-order valence-corrected chi connectivity index (χ3v) is 6.03. The predicted octanol–water partition coefficient (Wildman–Crippen LogP) is 3.20. The predicted molar refractivity (Wildman–Crippen MR) is 111 cm³/mol. The Kier molecular flexibility index (Phi) is 5.57. The molecule has 8 heteroatoms. The zero-order valence-corrected chi connectivity index (χ0v) is 16.6. The number of pyridine rings is 1. The van der Waals surface area contributed by atoms with Crippen LogP contribution in [-0.2, 0) is 16.1 Å². The zero-order valence-electron chi connectivity index (χ0n) is 15.0. The van der Waals surface area contributed by atoms with Gasteiger partial charge in [0.1, 0.15) is 6.29 Å². The summed E-state index contributed by atoms with van der Waals surface area (Å²) in [6.45, 7) is 2.24. The van der Waals surface area contributed by atoms with E-state index in [0.717, 1.165) is 27.8 Å². The van der Waals surface area contributed by atoms with Crippen molar-refractivity contribution in [3.8, 4) is 0 Å². The highest BCUT2D eigenvalue weighted by Crippen LogP contribution is 2.23. The normalized spacial score (nSPS) is 18.2. The fourth-order valence-corrected chi connectivity index (χ4v) is 4.35. The molecule has 3 aromatic heterocycles. The molecule has 1 amide bonds. The van der Waals surface area contributed by atoms with Crippen molar-refractivity contribution in [1.29, 1.82) is 0 Å². The zero-order chi connectivity index (χ0) is 19.5. The number of carbonyl (C=O) groups excluding carboxylic acids is 2. The molecule has 0 aromatic carbocycles. The van der Waals surface area contributed by atoms with Crippen LogP contribution in [0.5, 0.6) is 0 Å². The number of halogens is 1. The average molecular weight is 415 g/mol. The van der Waals surface area contributed by atoms with Crippen LogP contribution in [0.4, 0.5) is 0 Å². The Hall–Kier alpha value is -2.48.